The van der Waals surface area contributed by atoms with Gasteiger partial charge in [0.05, 0.1) is 4.92 Å². The van der Waals surface area contributed by atoms with Gasteiger partial charge in [-0.3, -0.25) is 10.1 Å². The van der Waals surface area contributed by atoms with Crippen molar-refractivity contribution in [1.82, 2.24) is 0 Å². The molecule has 0 bridgehead atoms. The third-order valence-corrected chi connectivity index (χ3v) is 3.21. The Kier molecular flexibility index (Phi) is 5.03. The van der Waals surface area contributed by atoms with Gasteiger partial charge in [0.25, 0.3) is 5.69 Å². The number of hydrogen-bond acceptors (Lipinski definition) is 3. The van der Waals surface area contributed by atoms with E-state index in [0.29, 0.717) is 12.0 Å². The van der Waals surface area contributed by atoms with Crippen LogP contribution in [0.4, 0.5) is 5.69 Å². The van der Waals surface area contributed by atoms with Crippen LogP contribution in [0.25, 0.3) is 0 Å². The molecule has 0 aliphatic carbocycles. The highest BCUT2D eigenvalue weighted by atomic mass is 16.6. The number of aromatic carboxylic acids is 1. The first kappa shape index (κ1) is 15.4. The molecule has 0 aliphatic heterocycles. The molecule has 22 heavy (non-hydrogen) atoms. The highest BCUT2D eigenvalue weighted by Crippen LogP contribution is 2.21. The second kappa shape index (κ2) is 7.17. The van der Waals surface area contributed by atoms with Crippen LogP contribution in [-0.4, -0.2) is 16.0 Å². The molecule has 2 rings (SSSR count). The number of allylic oxidation sites excluding steroid dienone is 2. The van der Waals surface area contributed by atoms with E-state index in [1.54, 1.807) is 6.07 Å². The maximum Gasteiger partial charge on any atom is 0.342 e. The van der Waals surface area contributed by atoms with Crippen molar-refractivity contribution in [2.45, 2.75) is 12.8 Å². The topological polar surface area (TPSA) is 80.4 Å². The molecule has 0 amide bonds. The van der Waals surface area contributed by atoms with Gasteiger partial charge < -0.3 is 5.11 Å². The first-order valence-corrected chi connectivity index (χ1v) is 6.77. The van der Waals surface area contributed by atoms with Crippen LogP contribution in [0, 0.1) is 10.1 Å². The van der Waals surface area contributed by atoms with E-state index in [0.717, 1.165) is 6.42 Å². The summed E-state index contributed by atoms with van der Waals surface area (Å²) in [5.74, 6) is -1.29. The molecule has 112 valence electrons. The highest BCUT2D eigenvalue weighted by Gasteiger charge is 2.19. The summed E-state index contributed by atoms with van der Waals surface area (Å²) in [5, 5.41) is 19.8. The van der Waals surface area contributed by atoms with E-state index in [-0.39, 0.29) is 11.3 Å². The minimum Gasteiger partial charge on any atom is -0.477 e. The standard InChI is InChI=1S/C17H15NO4/c19-17(20)15-11-10-14(12-16(15)18(21)22)9-5-4-8-13-6-2-1-3-7-13/h1-7,10-12H,8-9H2,(H,19,20). The summed E-state index contributed by atoms with van der Waals surface area (Å²) in [4.78, 5) is 21.2. The third-order valence-electron chi connectivity index (χ3n) is 3.21. The fourth-order valence-corrected chi connectivity index (χ4v) is 2.09. The van der Waals surface area contributed by atoms with Crippen molar-refractivity contribution in [3.8, 4) is 0 Å². The molecule has 0 saturated carbocycles. The van der Waals surface area contributed by atoms with Gasteiger partial charge in [0.1, 0.15) is 5.56 Å². The Morgan fingerprint density at radius 2 is 1.68 bits per heavy atom. The zero-order valence-electron chi connectivity index (χ0n) is 11.8. The maximum atomic E-state index is 10.9. The number of rotatable bonds is 6. The van der Waals surface area contributed by atoms with Crippen LogP contribution in [0.15, 0.2) is 60.7 Å². The van der Waals surface area contributed by atoms with Gasteiger partial charge in [-0.15, -0.1) is 0 Å². The van der Waals surface area contributed by atoms with E-state index in [4.69, 9.17) is 5.11 Å². The molecule has 0 heterocycles. The van der Waals surface area contributed by atoms with Crippen molar-refractivity contribution >= 4 is 11.7 Å². The van der Waals surface area contributed by atoms with Gasteiger partial charge in [0.15, 0.2) is 0 Å². The smallest absolute Gasteiger partial charge is 0.342 e. The molecule has 0 radical (unpaired) electrons. The predicted molar refractivity (Wildman–Crippen MR) is 83.0 cm³/mol. The Labute approximate surface area is 127 Å². The van der Waals surface area contributed by atoms with Gasteiger partial charge in [0, 0.05) is 6.07 Å². The minimum atomic E-state index is -1.29. The van der Waals surface area contributed by atoms with Crippen molar-refractivity contribution in [3.63, 3.8) is 0 Å². The number of hydrogen-bond donors (Lipinski definition) is 1. The molecule has 0 fully saturated rings. The summed E-state index contributed by atoms with van der Waals surface area (Å²) in [6.45, 7) is 0. The van der Waals surface area contributed by atoms with E-state index in [2.05, 4.69) is 0 Å². The molecule has 0 unspecified atom stereocenters. The molecule has 0 aliphatic rings. The molecule has 0 spiro atoms. The van der Waals surface area contributed by atoms with Crippen molar-refractivity contribution in [3.05, 3.63) is 87.5 Å². The van der Waals surface area contributed by atoms with Crippen molar-refractivity contribution in [2.24, 2.45) is 0 Å². The summed E-state index contributed by atoms with van der Waals surface area (Å²) >= 11 is 0. The molecule has 2 aromatic carbocycles. The molecule has 2 aromatic rings. The first-order chi connectivity index (χ1) is 10.6. The van der Waals surface area contributed by atoms with Crippen LogP contribution in [0.2, 0.25) is 0 Å². The van der Waals surface area contributed by atoms with Gasteiger partial charge in [-0.2, -0.15) is 0 Å². The predicted octanol–water partition coefficient (Wildman–Crippen LogP) is 3.63. The zero-order chi connectivity index (χ0) is 15.9. The van der Waals surface area contributed by atoms with Crippen LogP contribution in [0.1, 0.15) is 21.5 Å². The molecule has 5 heteroatoms. The summed E-state index contributed by atoms with van der Waals surface area (Å²) in [5.41, 5.74) is 1.23. The van der Waals surface area contributed by atoms with Crippen LogP contribution >= 0.6 is 0 Å². The fraction of sp³-hybridized carbons (Fsp3) is 0.118. The normalized spacial score (nSPS) is 10.7. The number of nitrogens with zero attached hydrogens (tertiary/aromatic N) is 1. The zero-order valence-corrected chi connectivity index (χ0v) is 11.8. The summed E-state index contributed by atoms with van der Waals surface area (Å²) < 4.78 is 0. The SMILES string of the molecule is O=C(O)c1ccc(CC=CCc2ccccc2)cc1[N+](=O)[O-]. The van der Waals surface area contributed by atoms with E-state index in [1.165, 1.54) is 17.7 Å². The van der Waals surface area contributed by atoms with E-state index in [1.807, 2.05) is 42.5 Å². The lowest BCUT2D eigenvalue weighted by atomic mass is 10.1. The second-order valence-electron chi connectivity index (χ2n) is 4.78. The molecule has 0 atom stereocenters. The lowest BCUT2D eigenvalue weighted by molar-refractivity contribution is -0.385. The number of carboxylic acid groups (broad SMARTS) is 1. The second-order valence-corrected chi connectivity index (χ2v) is 4.78. The van der Waals surface area contributed by atoms with E-state index >= 15 is 0 Å². The lowest BCUT2D eigenvalue weighted by Crippen LogP contribution is -2.03. The Morgan fingerprint density at radius 3 is 2.27 bits per heavy atom. The van der Waals surface area contributed by atoms with Crippen molar-refractivity contribution in [1.29, 1.82) is 0 Å². The lowest BCUT2D eigenvalue weighted by Gasteiger charge is -2.01. The van der Waals surface area contributed by atoms with Gasteiger partial charge >= 0.3 is 5.97 Å². The highest BCUT2D eigenvalue weighted by molar-refractivity contribution is 5.92. The van der Waals surface area contributed by atoms with Gasteiger partial charge in [0.2, 0.25) is 0 Å². The molecular formula is C17H15NO4. The van der Waals surface area contributed by atoms with Gasteiger partial charge in [-0.25, -0.2) is 4.79 Å². The van der Waals surface area contributed by atoms with Gasteiger partial charge in [-0.1, -0.05) is 48.6 Å². The monoisotopic (exact) mass is 297 g/mol. The third kappa shape index (κ3) is 4.02. The Morgan fingerprint density at radius 1 is 1.05 bits per heavy atom. The Hall–Kier alpha value is -2.95. The molecule has 5 nitrogen and oxygen atoms in total. The Bertz CT molecular complexity index is 708. The Balaban J connectivity index is 2.05. The van der Waals surface area contributed by atoms with Crippen LogP contribution in [-0.2, 0) is 12.8 Å². The quantitative estimate of drug-likeness (QED) is 0.501. The summed E-state index contributed by atoms with van der Waals surface area (Å²) in [6, 6.07) is 14.1. The summed E-state index contributed by atoms with van der Waals surface area (Å²) in [7, 11) is 0. The molecule has 1 N–H and O–H groups in total. The van der Waals surface area contributed by atoms with Crippen LogP contribution < -0.4 is 0 Å². The maximum absolute atomic E-state index is 10.9. The molecule has 0 saturated heterocycles. The van der Waals surface area contributed by atoms with E-state index < -0.39 is 10.9 Å². The summed E-state index contributed by atoms with van der Waals surface area (Å²) in [6.07, 6.45) is 5.22. The number of nitro groups is 1. The average molecular weight is 297 g/mol. The average Bonchev–Trinajstić information content (AvgIpc) is 2.52. The largest absolute Gasteiger partial charge is 0.477 e. The van der Waals surface area contributed by atoms with Gasteiger partial charge in [-0.05, 0) is 30.0 Å². The molecular weight excluding hydrogens is 282 g/mol. The minimum absolute atomic E-state index is 0.290. The number of carbonyl (C=O) groups is 1. The number of benzene rings is 2. The van der Waals surface area contributed by atoms with Crippen molar-refractivity contribution in [2.75, 3.05) is 0 Å². The van der Waals surface area contributed by atoms with Crippen molar-refractivity contribution < 1.29 is 14.8 Å². The number of carboxylic acids is 1. The number of nitro benzene ring substituents is 1. The van der Waals surface area contributed by atoms with Crippen LogP contribution in [0.3, 0.4) is 0 Å². The van der Waals surface area contributed by atoms with Crippen LogP contribution in [0.5, 0.6) is 0 Å². The molecule has 0 aromatic heterocycles. The van der Waals surface area contributed by atoms with E-state index in [9.17, 15) is 14.9 Å². The first-order valence-electron chi connectivity index (χ1n) is 6.77. The fourth-order valence-electron chi connectivity index (χ4n) is 2.09.